The SMILES string of the molecule is CC(C)N[C@H](NC(=O)c1ccccc1Cl)C(Cl)(Cl)Cl. The second-order valence-electron chi connectivity index (χ2n) is 4.25. The third kappa shape index (κ3) is 5.36. The Bertz CT molecular complexity index is 446. The maximum absolute atomic E-state index is 12.1. The summed E-state index contributed by atoms with van der Waals surface area (Å²) in [5.74, 6) is -0.407. The van der Waals surface area contributed by atoms with E-state index >= 15 is 0 Å². The summed E-state index contributed by atoms with van der Waals surface area (Å²) in [6, 6.07) is 6.70. The summed E-state index contributed by atoms with van der Waals surface area (Å²) < 4.78 is -1.67. The minimum atomic E-state index is -1.67. The lowest BCUT2D eigenvalue weighted by molar-refractivity contribution is 0.0928. The minimum absolute atomic E-state index is 0.0344. The van der Waals surface area contributed by atoms with Crippen LogP contribution in [0, 0.1) is 0 Å². The number of nitrogens with one attached hydrogen (secondary N) is 2. The molecule has 2 N–H and O–H groups in total. The number of rotatable bonds is 4. The average Bonchev–Trinajstić information content (AvgIpc) is 2.26. The van der Waals surface area contributed by atoms with Crippen LogP contribution in [-0.4, -0.2) is 21.9 Å². The van der Waals surface area contributed by atoms with Gasteiger partial charge in [0.2, 0.25) is 3.79 Å². The van der Waals surface area contributed by atoms with E-state index in [0.717, 1.165) is 0 Å². The van der Waals surface area contributed by atoms with E-state index in [0.29, 0.717) is 10.6 Å². The molecule has 0 aromatic heterocycles. The van der Waals surface area contributed by atoms with Gasteiger partial charge in [-0.1, -0.05) is 58.5 Å². The molecule has 1 aromatic carbocycles. The molecular weight excluding hydrogens is 330 g/mol. The second kappa shape index (κ2) is 7.00. The highest BCUT2D eigenvalue weighted by atomic mass is 35.6. The summed E-state index contributed by atoms with van der Waals surface area (Å²) in [7, 11) is 0. The summed E-state index contributed by atoms with van der Waals surface area (Å²) in [4.78, 5) is 12.1. The molecule has 0 spiro atoms. The van der Waals surface area contributed by atoms with Crippen LogP contribution < -0.4 is 10.6 Å². The summed E-state index contributed by atoms with van der Waals surface area (Å²) in [6.07, 6.45) is -0.818. The van der Waals surface area contributed by atoms with E-state index in [-0.39, 0.29) is 6.04 Å². The van der Waals surface area contributed by atoms with Crippen LogP contribution >= 0.6 is 46.4 Å². The fraction of sp³-hybridized carbons (Fsp3) is 0.417. The lowest BCUT2D eigenvalue weighted by Crippen LogP contribution is -2.55. The van der Waals surface area contributed by atoms with Crippen LogP contribution in [0.2, 0.25) is 5.02 Å². The van der Waals surface area contributed by atoms with Gasteiger partial charge >= 0.3 is 0 Å². The molecule has 7 heteroatoms. The topological polar surface area (TPSA) is 41.1 Å². The van der Waals surface area contributed by atoms with Crippen molar-refractivity contribution in [1.29, 1.82) is 0 Å². The molecule has 19 heavy (non-hydrogen) atoms. The number of amides is 1. The standard InChI is InChI=1S/C12H14Cl4N2O/c1-7(2)17-11(12(14,15)16)18-10(19)8-5-3-4-6-9(8)13/h3-7,11,17H,1-2H3,(H,18,19)/t11-/m1/s1. The van der Waals surface area contributed by atoms with Crippen molar-refractivity contribution in [3.63, 3.8) is 0 Å². The van der Waals surface area contributed by atoms with Crippen molar-refractivity contribution in [1.82, 2.24) is 10.6 Å². The molecule has 0 saturated carbocycles. The quantitative estimate of drug-likeness (QED) is 0.645. The van der Waals surface area contributed by atoms with Gasteiger partial charge in [-0.3, -0.25) is 10.1 Å². The Balaban J connectivity index is 2.86. The number of hydrogen-bond acceptors (Lipinski definition) is 2. The van der Waals surface area contributed by atoms with Gasteiger partial charge in [-0.25, -0.2) is 0 Å². The molecule has 0 saturated heterocycles. The zero-order chi connectivity index (χ0) is 14.6. The lowest BCUT2D eigenvalue weighted by Gasteiger charge is -2.28. The van der Waals surface area contributed by atoms with Gasteiger partial charge in [0, 0.05) is 6.04 Å². The highest BCUT2D eigenvalue weighted by Crippen LogP contribution is 2.29. The van der Waals surface area contributed by atoms with Gasteiger partial charge in [0.1, 0.15) is 6.17 Å². The Hall–Kier alpha value is -0.190. The number of alkyl halides is 3. The van der Waals surface area contributed by atoms with Gasteiger partial charge in [0.15, 0.2) is 0 Å². The molecule has 0 bridgehead atoms. The molecule has 1 amide bonds. The van der Waals surface area contributed by atoms with Crippen LogP contribution in [0.1, 0.15) is 24.2 Å². The normalized spacial score (nSPS) is 13.4. The number of carbonyl (C=O) groups excluding carboxylic acids is 1. The number of hydrogen-bond donors (Lipinski definition) is 2. The zero-order valence-corrected chi connectivity index (χ0v) is 13.4. The van der Waals surface area contributed by atoms with Gasteiger partial charge in [0.25, 0.3) is 5.91 Å². The molecule has 0 fully saturated rings. The minimum Gasteiger partial charge on any atom is -0.333 e. The second-order valence-corrected chi connectivity index (χ2v) is 7.03. The lowest BCUT2D eigenvalue weighted by atomic mass is 10.2. The summed E-state index contributed by atoms with van der Waals surface area (Å²) in [5.41, 5.74) is 0.328. The molecule has 0 heterocycles. The highest BCUT2D eigenvalue weighted by molar-refractivity contribution is 6.68. The van der Waals surface area contributed by atoms with Gasteiger partial charge in [-0.2, -0.15) is 0 Å². The van der Waals surface area contributed by atoms with E-state index in [1.807, 2.05) is 13.8 Å². The first-order valence-corrected chi connectivity index (χ1v) is 7.11. The van der Waals surface area contributed by atoms with Crippen LogP contribution in [0.25, 0.3) is 0 Å². The maximum atomic E-state index is 12.1. The molecular formula is C12H14Cl4N2O. The molecule has 1 rings (SSSR count). The van der Waals surface area contributed by atoms with Crippen molar-refractivity contribution in [2.24, 2.45) is 0 Å². The molecule has 0 aliphatic rings. The van der Waals surface area contributed by atoms with Crippen molar-refractivity contribution < 1.29 is 4.79 Å². The van der Waals surface area contributed by atoms with E-state index in [1.54, 1.807) is 24.3 Å². The van der Waals surface area contributed by atoms with Gasteiger partial charge in [0.05, 0.1) is 10.6 Å². The maximum Gasteiger partial charge on any atom is 0.254 e. The Labute approximate surface area is 132 Å². The van der Waals surface area contributed by atoms with Crippen LogP contribution in [-0.2, 0) is 0 Å². The average molecular weight is 344 g/mol. The van der Waals surface area contributed by atoms with E-state index in [9.17, 15) is 4.79 Å². The Morgan fingerprint density at radius 3 is 2.26 bits per heavy atom. The fourth-order valence-corrected chi connectivity index (χ4v) is 1.98. The molecule has 1 aromatic rings. The summed E-state index contributed by atoms with van der Waals surface area (Å²) in [5, 5.41) is 5.92. The third-order valence-corrected chi connectivity index (χ3v) is 3.21. The fourth-order valence-electron chi connectivity index (χ4n) is 1.41. The van der Waals surface area contributed by atoms with Crippen molar-refractivity contribution in [2.75, 3.05) is 0 Å². The van der Waals surface area contributed by atoms with Crippen LogP contribution in [0.4, 0.5) is 0 Å². The van der Waals surface area contributed by atoms with Crippen molar-refractivity contribution >= 4 is 52.3 Å². The number of carbonyl (C=O) groups is 1. The van der Waals surface area contributed by atoms with Gasteiger partial charge in [-0.05, 0) is 26.0 Å². The van der Waals surface area contributed by atoms with Gasteiger partial charge < -0.3 is 5.32 Å². The molecule has 0 aliphatic heterocycles. The third-order valence-electron chi connectivity index (χ3n) is 2.22. The van der Waals surface area contributed by atoms with E-state index < -0.39 is 15.9 Å². The Kier molecular flexibility index (Phi) is 6.21. The highest BCUT2D eigenvalue weighted by Gasteiger charge is 2.34. The first-order valence-electron chi connectivity index (χ1n) is 5.60. The molecule has 0 unspecified atom stereocenters. The van der Waals surface area contributed by atoms with Crippen LogP contribution in [0.15, 0.2) is 24.3 Å². The van der Waals surface area contributed by atoms with Crippen LogP contribution in [0.3, 0.4) is 0 Å². The molecule has 3 nitrogen and oxygen atoms in total. The van der Waals surface area contributed by atoms with Crippen molar-refractivity contribution in [3.05, 3.63) is 34.9 Å². The molecule has 0 aliphatic carbocycles. The predicted molar refractivity (Wildman–Crippen MR) is 81.3 cm³/mol. The Morgan fingerprint density at radius 1 is 1.21 bits per heavy atom. The first kappa shape index (κ1) is 16.9. The predicted octanol–water partition coefficient (Wildman–Crippen LogP) is 3.76. The van der Waals surface area contributed by atoms with E-state index in [4.69, 9.17) is 46.4 Å². The summed E-state index contributed by atoms with van der Waals surface area (Å²) >= 11 is 23.4. The van der Waals surface area contributed by atoms with Crippen LogP contribution in [0.5, 0.6) is 0 Å². The monoisotopic (exact) mass is 342 g/mol. The number of halogens is 4. The largest absolute Gasteiger partial charge is 0.333 e. The van der Waals surface area contributed by atoms with E-state index in [1.165, 1.54) is 0 Å². The molecule has 1 atom stereocenters. The number of benzene rings is 1. The summed E-state index contributed by atoms with van der Waals surface area (Å²) in [6.45, 7) is 3.76. The van der Waals surface area contributed by atoms with Crippen molar-refractivity contribution in [2.45, 2.75) is 29.8 Å². The Morgan fingerprint density at radius 2 is 1.79 bits per heavy atom. The molecule has 0 radical (unpaired) electrons. The zero-order valence-electron chi connectivity index (χ0n) is 10.4. The van der Waals surface area contributed by atoms with Gasteiger partial charge in [-0.15, -0.1) is 0 Å². The first-order chi connectivity index (χ1) is 8.71. The van der Waals surface area contributed by atoms with Crippen molar-refractivity contribution in [3.8, 4) is 0 Å². The molecule has 106 valence electrons. The van der Waals surface area contributed by atoms with E-state index in [2.05, 4.69) is 10.6 Å². The smallest absolute Gasteiger partial charge is 0.254 e.